The van der Waals surface area contributed by atoms with Crippen molar-refractivity contribution in [2.24, 2.45) is 0 Å². The molecule has 0 unspecified atom stereocenters. The van der Waals surface area contributed by atoms with Gasteiger partial charge in [-0.2, -0.15) is 8.42 Å². The molecule has 0 amide bonds. The monoisotopic (exact) mass is 286 g/mol. The minimum absolute atomic E-state index is 0. The molecule has 102 valence electrons. The fourth-order valence-electron chi connectivity index (χ4n) is 1.29. The third-order valence-electron chi connectivity index (χ3n) is 2.30. The van der Waals surface area contributed by atoms with Crippen molar-refractivity contribution >= 4 is 16.1 Å². The Morgan fingerprint density at radius 2 is 1.67 bits per heavy atom. The van der Waals surface area contributed by atoms with E-state index in [2.05, 4.69) is 17.7 Å². The van der Waals surface area contributed by atoms with Gasteiger partial charge >= 0.3 is 45.6 Å². The first-order chi connectivity index (χ1) is 7.89. The van der Waals surface area contributed by atoms with Crippen LogP contribution in [0, 0.1) is 0 Å². The zero-order chi connectivity index (χ0) is 13.3. The molecule has 0 aromatic heterocycles. The van der Waals surface area contributed by atoms with Crippen LogP contribution in [0.1, 0.15) is 53.8 Å². The Labute approximate surface area is 134 Å². The van der Waals surface area contributed by atoms with E-state index in [-0.39, 0.29) is 42.3 Å². The smallest absolute Gasteiger partial charge is 1.00 e. The van der Waals surface area contributed by atoms with E-state index < -0.39 is 16.1 Å². The van der Waals surface area contributed by atoms with Gasteiger partial charge in [0.1, 0.15) is 0 Å². The molecule has 0 rings (SSSR count). The summed E-state index contributed by atoms with van der Waals surface area (Å²) in [4.78, 5) is 11.0. The minimum atomic E-state index is -3.73. The van der Waals surface area contributed by atoms with Crippen LogP contribution in [-0.4, -0.2) is 20.1 Å². The Kier molecular flexibility index (Phi) is 12.5. The number of hydrogen-bond donors (Lipinski definition) is 0. The van der Waals surface area contributed by atoms with Gasteiger partial charge in [-0.25, -0.2) is 4.79 Å². The topological polar surface area (TPSA) is 60.4 Å². The van der Waals surface area contributed by atoms with Crippen LogP contribution in [0.4, 0.5) is 0 Å². The molecule has 0 radical (unpaired) electrons. The van der Waals surface area contributed by atoms with Crippen molar-refractivity contribution in [2.75, 3.05) is 5.75 Å². The first-order valence-electron chi connectivity index (χ1n) is 6.01. The van der Waals surface area contributed by atoms with Crippen LogP contribution < -0.4 is 29.6 Å². The summed E-state index contributed by atoms with van der Waals surface area (Å²) < 4.78 is 27.1. The maximum Gasteiger partial charge on any atom is 1.00 e. The summed E-state index contributed by atoms with van der Waals surface area (Å²) in [6, 6.07) is 0. The Balaban J connectivity index is -0.00000128. The van der Waals surface area contributed by atoms with Gasteiger partial charge in [-0.3, -0.25) is 0 Å². The molecule has 0 saturated carbocycles. The molecule has 4 nitrogen and oxygen atoms in total. The molecule has 0 spiro atoms. The molecule has 0 atom stereocenters. The maximum atomic E-state index is 11.4. The number of carbonyl (C=O) groups is 1. The van der Waals surface area contributed by atoms with Crippen LogP contribution in [0.15, 0.2) is 12.2 Å². The number of rotatable bonds is 9. The van der Waals surface area contributed by atoms with Crippen molar-refractivity contribution in [3.63, 3.8) is 0 Å². The normalized spacial score (nSPS) is 10.6. The van der Waals surface area contributed by atoms with Gasteiger partial charge in [-0.15, -0.1) is 0 Å². The number of unbranched alkanes of at least 4 members (excludes halogenated alkanes) is 5. The number of hydrogen-bond acceptors (Lipinski definition) is 4. The van der Waals surface area contributed by atoms with E-state index in [0.29, 0.717) is 6.42 Å². The second-order valence-corrected chi connectivity index (χ2v) is 5.87. The minimum Gasteiger partial charge on any atom is -1.00 e. The molecule has 18 heavy (non-hydrogen) atoms. The van der Waals surface area contributed by atoms with Gasteiger partial charge in [0.05, 0.1) is 5.75 Å². The van der Waals surface area contributed by atoms with Gasteiger partial charge in [0.25, 0.3) is 0 Å². The summed E-state index contributed by atoms with van der Waals surface area (Å²) in [6.45, 7) is 6.88. The molecular formula is C12H23NaO4S. The molecular weight excluding hydrogens is 263 g/mol. The summed E-state index contributed by atoms with van der Waals surface area (Å²) in [6.07, 6.45) is 5.88. The molecule has 0 bridgehead atoms. The van der Waals surface area contributed by atoms with E-state index in [0.717, 1.165) is 25.7 Å². The van der Waals surface area contributed by atoms with E-state index >= 15 is 0 Å². The standard InChI is InChI=1S/C12H22O4S.Na.H/c1-4-5-6-7-8-9-10-17(14,15)16-12(13)11(2)3;;/h2,4-10H2,1,3H3;;/q;+1;-1. The predicted octanol–water partition coefficient (Wildman–Crippen LogP) is -0.0875. The second kappa shape index (κ2) is 11.0. The van der Waals surface area contributed by atoms with Crippen molar-refractivity contribution in [1.82, 2.24) is 0 Å². The van der Waals surface area contributed by atoms with Crippen LogP contribution >= 0.6 is 0 Å². The summed E-state index contributed by atoms with van der Waals surface area (Å²) >= 11 is 0. The molecule has 0 aromatic carbocycles. The zero-order valence-corrected chi connectivity index (χ0v) is 14.5. The largest absolute Gasteiger partial charge is 1.00 e. The molecule has 6 heteroatoms. The van der Waals surface area contributed by atoms with E-state index in [1.165, 1.54) is 13.3 Å². The molecule has 0 aliphatic rings. The van der Waals surface area contributed by atoms with Crippen LogP contribution in [-0.2, 0) is 19.1 Å². The van der Waals surface area contributed by atoms with Gasteiger partial charge in [-0.05, 0) is 13.3 Å². The molecule has 0 fully saturated rings. The fourth-order valence-corrected chi connectivity index (χ4v) is 2.30. The van der Waals surface area contributed by atoms with E-state index in [4.69, 9.17) is 0 Å². The summed E-state index contributed by atoms with van der Waals surface area (Å²) in [7, 11) is -3.73. The van der Waals surface area contributed by atoms with Gasteiger partial charge < -0.3 is 5.61 Å². The third kappa shape index (κ3) is 11.3. The van der Waals surface area contributed by atoms with Crippen molar-refractivity contribution in [1.29, 1.82) is 0 Å². The van der Waals surface area contributed by atoms with Gasteiger partial charge in [0.2, 0.25) is 0 Å². The van der Waals surface area contributed by atoms with E-state index in [1.54, 1.807) is 0 Å². The second-order valence-electron chi connectivity index (χ2n) is 4.18. The van der Waals surface area contributed by atoms with Crippen molar-refractivity contribution in [3.8, 4) is 0 Å². The Morgan fingerprint density at radius 3 is 2.17 bits per heavy atom. The van der Waals surface area contributed by atoms with E-state index in [9.17, 15) is 13.2 Å². The summed E-state index contributed by atoms with van der Waals surface area (Å²) in [5, 5.41) is 0. The average molecular weight is 286 g/mol. The fraction of sp³-hybridized carbons (Fsp3) is 0.750. The summed E-state index contributed by atoms with van der Waals surface area (Å²) in [5.41, 5.74) is 0.0940. The van der Waals surface area contributed by atoms with Crippen molar-refractivity contribution in [3.05, 3.63) is 12.2 Å². The maximum absolute atomic E-state index is 11.4. The molecule has 0 aliphatic carbocycles. The third-order valence-corrected chi connectivity index (χ3v) is 3.49. The van der Waals surface area contributed by atoms with Gasteiger partial charge in [-0.1, -0.05) is 45.6 Å². The Morgan fingerprint density at radius 1 is 1.17 bits per heavy atom. The molecule has 0 aliphatic heterocycles. The van der Waals surface area contributed by atoms with Gasteiger partial charge in [0.15, 0.2) is 0 Å². The first kappa shape index (κ1) is 20.5. The zero-order valence-electron chi connectivity index (χ0n) is 12.7. The summed E-state index contributed by atoms with van der Waals surface area (Å²) in [5.74, 6) is -0.964. The molecule has 0 N–H and O–H groups in total. The predicted molar refractivity (Wildman–Crippen MR) is 69.2 cm³/mol. The van der Waals surface area contributed by atoms with Crippen LogP contribution in [0.25, 0.3) is 0 Å². The van der Waals surface area contributed by atoms with Crippen molar-refractivity contribution < 1.29 is 48.4 Å². The van der Waals surface area contributed by atoms with Crippen LogP contribution in [0.3, 0.4) is 0 Å². The van der Waals surface area contributed by atoms with Crippen LogP contribution in [0.2, 0.25) is 0 Å². The van der Waals surface area contributed by atoms with Crippen molar-refractivity contribution in [2.45, 2.75) is 52.4 Å². The quantitative estimate of drug-likeness (QED) is 0.257. The van der Waals surface area contributed by atoms with Crippen LogP contribution in [0.5, 0.6) is 0 Å². The van der Waals surface area contributed by atoms with E-state index in [1.807, 2.05) is 0 Å². The molecule has 0 heterocycles. The SMILES string of the molecule is C=C(C)C(=O)OS(=O)(=O)CCCCCCCC.[H-].[Na+]. The first-order valence-corrected chi connectivity index (χ1v) is 7.58. The Hall–Kier alpha value is 0.160. The Bertz CT molecular complexity index is 355. The molecule has 0 aromatic rings. The average Bonchev–Trinajstić information content (AvgIpc) is 2.22. The molecule has 0 saturated heterocycles. The van der Waals surface area contributed by atoms with Gasteiger partial charge in [0, 0.05) is 5.57 Å². The number of carbonyl (C=O) groups excluding carboxylic acids is 1.